The Morgan fingerprint density at radius 2 is 1.76 bits per heavy atom. The van der Waals surface area contributed by atoms with Crippen molar-refractivity contribution < 1.29 is 9.53 Å². The summed E-state index contributed by atoms with van der Waals surface area (Å²) in [4.78, 5) is 19.0. The van der Waals surface area contributed by atoms with E-state index in [1.165, 1.54) is 0 Å². The lowest BCUT2D eigenvalue weighted by Crippen LogP contribution is -2.47. The van der Waals surface area contributed by atoms with Crippen LogP contribution in [-0.4, -0.2) is 46.9 Å². The monoisotopic (exact) mass is 437 g/mol. The molecule has 0 saturated carbocycles. The fourth-order valence-electron chi connectivity index (χ4n) is 4.17. The second-order valence-corrected chi connectivity index (χ2v) is 8.03. The summed E-state index contributed by atoms with van der Waals surface area (Å²) in [5, 5.41) is 12.0. The van der Waals surface area contributed by atoms with Crippen LogP contribution in [0.25, 0.3) is 28.0 Å². The lowest BCUT2D eigenvalue weighted by Gasteiger charge is -2.26. The van der Waals surface area contributed by atoms with Crippen LogP contribution in [0.1, 0.15) is 11.3 Å². The molecule has 1 aliphatic heterocycles. The number of benzene rings is 2. The molecule has 2 aromatic heterocycles. The summed E-state index contributed by atoms with van der Waals surface area (Å²) < 4.78 is 7.42. The molecule has 3 heterocycles. The van der Waals surface area contributed by atoms with Gasteiger partial charge in [0.15, 0.2) is 0 Å². The molecule has 4 aromatic rings. The average molecular weight is 438 g/mol. The minimum atomic E-state index is 0.0411. The number of nitrogens with zero attached hydrogens (tertiary/aromatic N) is 4. The second kappa shape index (κ2) is 8.77. The number of hydrogen-bond donors (Lipinski definition) is 1. The summed E-state index contributed by atoms with van der Waals surface area (Å²) in [5.74, 6) is 0.833. The Balaban J connectivity index is 1.61. The third kappa shape index (κ3) is 4.16. The van der Waals surface area contributed by atoms with Crippen molar-refractivity contribution >= 4 is 11.6 Å². The van der Waals surface area contributed by atoms with E-state index in [1.54, 1.807) is 7.11 Å². The molecular weight excluding hydrogens is 414 g/mol. The van der Waals surface area contributed by atoms with Crippen LogP contribution < -0.4 is 10.1 Å². The zero-order valence-corrected chi connectivity index (χ0v) is 18.3. The highest BCUT2D eigenvalue weighted by molar-refractivity contribution is 5.78. The fraction of sp³-hybridized carbons (Fsp3) is 0.192. The number of amides is 1. The summed E-state index contributed by atoms with van der Waals surface area (Å²) in [7, 11) is 1.65. The number of carbonyl (C=O) groups excluding carboxylic acids is 1. The standard InChI is InChI=1S/C26H23N5O2/c1-33-22-9-6-20(7-10-22)26-23(16-30-13-12-28-25(32)17-30)31-15-21(8-11-24(31)29-26)19-4-2-18(14-27)3-5-19/h2-11,15H,12-13,16-17H2,1H3,(H,28,32). The topological polar surface area (TPSA) is 82.7 Å². The molecule has 5 rings (SSSR count). The first kappa shape index (κ1) is 20.7. The van der Waals surface area contributed by atoms with Gasteiger partial charge < -0.3 is 14.5 Å². The number of methoxy groups -OCH3 is 1. The molecule has 0 radical (unpaired) electrons. The van der Waals surface area contributed by atoms with Gasteiger partial charge in [0.05, 0.1) is 36.7 Å². The molecule has 0 aliphatic carbocycles. The minimum absolute atomic E-state index is 0.0411. The highest BCUT2D eigenvalue weighted by Gasteiger charge is 2.21. The van der Waals surface area contributed by atoms with Crippen LogP contribution in [0.15, 0.2) is 66.9 Å². The van der Waals surface area contributed by atoms with E-state index in [9.17, 15) is 4.79 Å². The van der Waals surface area contributed by atoms with Gasteiger partial charge in [-0.3, -0.25) is 9.69 Å². The number of nitrogens with one attached hydrogen (secondary N) is 1. The van der Waals surface area contributed by atoms with Crippen molar-refractivity contribution in [1.82, 2.24) is 19.6 Å². The summed E-state index contributed by atoms with van der Waals surface area (Å²) in [6.07, 6.45) is 2.08. The van der Waals surface area contributed by atoms with E-state index in [1.807, 2.05) is 60.7 Å². The summed E-state index contributed by atoms with van der Waals surface area (Å²) in [5.41, 5.74) is 6.45. The number of ether oxygens (including phenoxy) is 1. The van der Waals surface area contributed by atoms with Crippen LogP contribution >= 0.6 is 0 Å². The third-order valence-electron chi connectivity index (χ3n) is 5.92. The Morgan fingerprint density at radius 1 is 1.03 bits per heavy atom. The highest BCUT2D eigenvalue weighted by Crippen LogP contribution is 2.29. The smallest absolute Gasteiger partial charge is 0.234 e. The minimum Gasteiger partial charge on any atom is -0.497 e. The molecule has 1 amide bonds. The predicted molar refractivity (Wildman–Crippen MR) is 126 cm³/mol. The van der Waals surface area contributed by atoms with Crippen molar-refractivity contribution in [2.75, 3.05) is 26.7 Å². The molecule has 1 aliphatic rings. The highest BCUT2D eigenvalue weighted by atomic mass is 16.5. The third-order valence-corrected chi connectivity index (χ3v) is 5.92. The molecule has 164 valence electrons. The summed E-state index contributed by atoms with van der Waals surface area (Å²) in [6.45, 7) is 2.40. The van der Waals surface area contributed by atoms with Crippen molar-refractivity contribution in [3.63, 3.8) is 0 Å². The van der Waals surface area contributed by atoms with E-state index in [0.717, 1.165) is 46.0 Å². The van der Waals surface area contributed by atoms with Crippen LogP contribution in [0, 0.1) is 11.3 Å². The van der Waals surface area contributed by atoms with Crippen molar-refractivity contribution in [2.45, 2.75) is 6.54 Å². The Labute approximate surface area is 191 Å². The Kier molecular flexibility index (Phi) is 5.51. The second-order valence-electron chi connectivity index (χ2n) is 8.03. The van der Waals surface area contributed by atoms with Crippen molar-refractivity contribution in [1.29, 1.82) is 5.26 Å². The van der Waals surface area contributed by atoms with Gasteiger partial charge in [-0.2, -0.15) is 5.26 Å². The first-order valence-corrected chi connectivity index (χ1v) is 10.8. The van der Waals surface area contributed by atoms with Gasteiger partial charge in [0.1, 0.15) is 11.4 Å². The number of aromatic nitrogens is 2. The molecule has 0 atom stereocenters. The van der Waals surface area contributed by atoms with Gasteiger partial charge in [0.2, 0.25) is 5.91 Å². The number of hydrogen-bond acceptors (Lipinski definition) is 5. The molecule has 1 saturated heterocycles. The number of fused-ring (bicyclic) bond motifs is 1. The van der Waals surface area contributed by atoms with Crippen LogP contribution in [0.4, 0.5) is 0 Å². The maximum Gasteiger partial charge on any atom is 0.234 e. The van der Waals surface area contributed by atoms with Gasteiger partial charge in [0.25, 0.3) is 0 Å². The molecule has 2 aromatic carbocycles. The quantitative estimate of drug-likeness (QED) is 0.517. The van der Waals surface area contributed by atoms with Gasteiger partial charge in [-0.1, -0.05) is 12.1 Å². The molecule has 7 nitrogen and oxygen atoms in total. The number of piperazine rings is 1. The van der Waals surface area contributed by atoms with Crippen molar-refractivity contribution in [3.8, 4) is 34.2 Å². The zero-order valence-electron chi connectivity index (χ0n) is 18.3. The number of nitriles is 1. The first-order chi connectivity index (χ1) is 16.1. The normalized spacial score (nSPS) is 14.1. The van der Waals surface area contributed by atoms with Crippen LogP contribution in [0.3, 0.4) is 0 Å². The Hall–Kier alpha value is -4.15. The predicted octanol–water partition coefficient (Wildman–Crippen LogP) is 3.48. The van der Waals surface area contributed by atoms with E-state index in [4.69, 9.17) is 15.0 Å². The maximum atomic E-state index is 12.0. The van der Waals surface area contributed by atoms with Crippen LogP contribution in [-0.2, 0) is 11.3 Å². The molecule has 33 heavy (non-hydrogen) atoms. The number of imidazole rings is 1. The number of rotatable bonds is 5. The SMILES string of the molecule is COc1ccc(-c2nc3ccc(-c4ccc(C#N)cc4)cn3c2CN2CCNC(=O)C2)cc1. The van der Waals surface area contributed by atoms with Crippen LogP contribution in [0.5, 0.6) is 5.75 Å². The molecule has 0 spiro atoms. The van der Waals surface area contributed by atoms with Crippen molar-refractivity contribution in [3.05, 3.63) is 78.1 Å². The van der Waals surface area contributed by atoms with Crippen LogP contribution in [0.2, 0.25) is 0 Å². The number of carbonyl (C=O) groups is 1. The molecule has 1 N–H and O–H groups in total. The zero-order chi connectivity index (χ0) is 22.8. The van der Waals surface area contributed by atoms with E-state index in [-0.39, 0.29) is 5.91 Å². The van der Waals surface area contributed by atoms with E-state index < -0.39 is 0 Å². The molecule has 0 bridgehead atoms. The van der Waals surface area contributed by atoms with E-state index in [2.05, 4.69) is 26.9 Å². The van der Waals surface area contributed by atoms with Gasteiger partial charge in [0, 0.05) is 31.4 Å². The van der Waals surface area contributed by atoms with Gasteiger partial charge in [-0.25, -0.2) is 4.98 Å². The first-order valence-electron chi connectivity index (χ1n) is 10.8. The van der Waals surface area contributed by atoms with E-state index >= 15 is 0 Å². The molecular formula is C26H23N5O2. The van der Waals surface area contributed by atoms with E-state index in [0.29, 0.717) is 25.2 Å². The summed E-state index contributed by atoms with van der Waals surface area (Å²) >= 11 is 0. The largest absolute Gasteiger partial charge is 0.497 e. The van der Waals surface area contributed by atoms with Gasteiger partial charge >= 0.3 is 0 Å². The van der Waals surface area contributed by atoms with Gasteiger partial charge in [-0.05, 0) is 59.7 Å². The molecule has 0 unspecified atom stereocenters. The Morgan fingerprint density at radius 3 is 2.45 bits per heavy atom. The lowest BCUT2D eigenvalue weighted by atomic mass is 10.1. The molecule has 1 fully saturated rings. The van der Waals surface area contributed by atoms with Gasteiger partial charge in [-0.15, -0.1) is 0 Å². The average Bonchev–Trinajstić information content (AvgIpc) is 3.21. The fourth-order valence-corrected chi connectivity index (χ4v) is 4.17. The van der Waals surface area contributed by atoms with Crippen molar-refractivity contribution in [2.24, 2.45) is 0 Å². The lowest BCUT2D eigenvalue weighted by molar-refractivity contribution is -0.124. The number of pyridine rings is 1. The maximum absolute atomic E-state index is 12.0. The Bertz CT molecular complexity index is 1350. The summed E-state index contributed by atoms with van der Waals surface area (Å²) in [6, 6.07) is 21.6. The molecule has 7 heteroatoms.